The Kier molecular flexibility index (Phi) is 3.88. The number of carboxylic acid groups (broad SMARTS) is 1. The summed E-state index contributed by atoms with van der Waals surface area (Å²) >= 11 is 1.85. The number of aliphatic hydroxyl groups excluding tert-OH is 1. The fraction of sp³-hybridized carbons (Fsp3) is 0.875. The van der Waals surface area contributed by atoms with E-state index in [1.165, 1.54) is 0 Å². The highest BCUT2D eigenvalue weighted by atomic mass is 32.2. The van der Waals surface area contributed by atoms with Crippen LogP contribution in [0.4, 0.5) is 0 Å². The number of rotatable bonds is 4. The molecule has 2 N–H and O–H groups in total. The quantitative estimate of drug-likeness (QED) is 0.689. The Hall–Kier alpha value is -0.220. The first-order chi connectivity index (χ1) is 5.74. The summed E-state index contributed by atoms with van der Waals surface area (Å²) in [5, 5.41) is 17.5. The van der Waals surface area contributed by atoms with E-state index in [0.29, 0.717) is 5.92 Å². The Morgan fingerprint density at radius 2 is 2.42 bits per heavy atom. The predicted molar refractivity (Wildman–Crippen MR) is 48.3 cm³/mol. The van der Waals surface area contributed by atoms with Gasteiger partial charge >= 0.3 is 5.97 Å². The van der Waals surface area contributed by atoms with Gasteiger partial charge in [-0.3, -0.25) is 4.79 Å². The first kappa shape index (κ1) is 9.86. The molecule has 0 aromatic carbocycles. The van der Waals surface area contributed by atoms with Gasteiger partial charge < -0.3 is 10.2 Å². The normalized spacial score (nSPS) is 25.6. The summed E-state index contributed by atoms with van der Waals surface area (Å²) in [7, 11) is 0. The van der Waals surface area contributed by atoms with Crippen LogP contribution in [-0.4, -0.2) is 34.3 Å². The van der Waals surface area contributed by atoms with Crippen molar-refractivity contribution in [2.24, 2.45) is 11.8 Å². The van der Waals surface area contributed by atoms with Crippen LogP contribution in [0.2, 0.25) is 0 Å². The zero-order valence-corrected chi connectivity index (χ0v) is 7.72. The fourth-order valence-corrected chi connectivity index (χ4v) is 2.91. The second kappa shape index (κ2) is 4.72. The molecule has 3 nitrogen and oxygen atoms in total. The summed E-state index contributed by atoms with van der Waals surface area (Å²) in [4.78, 5) is 10.4. The number of hydrogen-bond acceptors (Lipinski definition) is 3. The van der Waals surface area contributed by atoms with Crippen molar-refractivity contribution in [3.63, 3.8) is 0 Å². The summed E-state index contributed by atoms with van der Waals surface area (Å²) in [5.74, 6) is 1.71. The molecule has 1 rings (SSSR count). The molecule has 0 spiro atoms. The van der Waals surface area contributed by atoms with Gasteiger partial charge in [0.15, 0.2) is 0 Å². The maximum Gasteiger partial charge on any atom is 0.303 e. The molecule has 4 heteroatoms. The van der Waals surface area contributed by atoms with Gasteiger partial charge in [-0.25, -0.2) is 0 Å². The minimum absolute atomic E-state index is 0.0114. The van der Waals surface area contributed by atoms with Gasteiger partial charge in [0, 0.05) is 6.61 Å². The number of aliphatic carboxylic acids is 1. The molecule has 0 aromatic rings. The second-order valence-electron chi connectivity index (χ2n) is 3.16. The molecule has 2 unspecified atom stereocenters. The van der Waals surface area contributed by atoms with Gasteiger partial charge in [-0.05, 0) is 29.8 Å². The van der Waals surface area contributed by atoms with Crippen molar-refractivity contribution in [2.45, 2.75) is 12.8 Å². The van der Waals surface area contributed by atoms with Crippen molar-refractivity contribution in [3.05, 3.63) is 0 Å². The Morgan fingerprint density at radius 3 is 2.83 bits per heavy atom. The highest BCUT2D eigenvalue weighted by Gasteiger charge is 2.26. The third-order valence-corrected chi connectivity index (χ3v) is 3.49. The number of thioether (sulfide) groups is 1. The van der Waals surface area contributed by atoms with Crippen LogP contribution in [0.15, 0.2) is 0 Å². The lowest BCUT2D eigenvalue weighted by Crippen LogP contribution is -2.21. The van der Waals surface area contributed by atoms with Crippen LogP contribution >= 0.6 is 11.8 Å². The van der Waals surface area contributed by atoms with Crippen molar-refractivity contribution in [1.82, 2.24) is 0 Å². The zero-order chi connectivity index (χ0) is 8.97. The third-order valence-electron chi connectivity index (χ3n) is 2.30. The molecule has 1 aliphatic heterocycles. The summed E-state index contributed by atoms with van der Waals surface area (Å²) in [6.07, 6.45) is 1.17. The van der Waals surface area contributed by atoms with Crippen LogP contribution in [0, 0.1) is 11.8 Å². The second-order valence-corrected chi connectivity index (χ2v) is 4.31. The molecule has 0 saturated carbocycles. The minimum Gasteiger partial charge on any atom is -0.481 e. The van der Waals surface area contributed by atoms with Crippen molar-refractivity contribution in [2.75, 3.05) is 18.1 Å². The van der Waals surface area contributed by atoms with E-state index in [2.05, 4.69) is 0 Å². The summed E-state index contributed by atoms with van der Waals surface area (Å²) < 4.78 is 0. The average Bonchev–Trinajstić information content (AvgIpc) is 2.51. The van der Waals surface area contributed by atoms with Crippen LogP contribution < -0.4 is 0 Å². The summed E-state index contributed by atoms with van der Waals surface area (Å²) in [5.41, 5.74) is 0. The largest absolute Gasteiger partial charge is 0.481 e. The highest BCUT2D eigenvalue weighted by molar-refractivity contribution is 7.99. The van der Waals surface area contributed by atoms with E-state index in [1.807, 2.05) is 11.8 Å². The minimum atomic E-state index is -0.800. The van der Waals surface area contributed by atoms with Gasteiger partial charge in [-0.15, -0.1) is 0 Å². The average molecular weight is 190 g/mol. The van der Waals surface area contributed by atoms with E-state index in [9.17, 15) is 4.79 Å². The van der Waals surface area contributed by atoms with E-state index < -0.39 is 5.97 Å². The molecule has 1 heterocycles. The van der Waals surface area contributed by atoms with Crippen LogP contribution in [0.1, 0.15) is 12.8 Å². The van der Waals surface area contributed by atoms with Crippen LogP contribution in [0.25, 0.3) is 0 Å². The van der Waals surface area contributed by atoms with Crippen LogP contribution in [0.3, 0.4) is 0 Å². The predicted octanol–water partition coefficient (Wildman–Crippen LogP) is 0.823. The molecular weight excluding hydrogens is 176 g/mol. The highest BCUT2D eigenvalue weighted by Crippen LogP contribution is 2.31. The topological polar surface area (TPSA) is 57.5 Å². The molecular formula is C8H14O3S. The van der Waals surface area contributed by atoms with Crippen LogP contribution in [0.5, 0.6) is 0 Å². The monoisotopic (exact) mass is 190 g/mol. The third kappa shape index (κ3) is 2.68. The maximum atomic E-state index is 10.4. The fourth-order valence-electron chi connectivity index (χ4n) is 1.53. The molecule has 1 saturated heterocycles. The summed E-state index contributed by atoms with van der Waals surface area (Å²) in [6.45, 7) is 0.0114. The van der Waals surface area contributed by atoms with E-state index in [4.69, 9.17) is 10.2 Å². The Morgan fingerprint density at radius 1 is 1.67 bits per heavy atom. The van der Waals surface area contributed by atoms with Crippen molar-refractivity contribution in [3.8, 4) is 0 Å². The number of aliphatic hydroxyl groups is 1. The lowest BCUT2D eigenvalue weighted by molar-refractivity contribution is -0.138. The zero-order valence-electron chi connectivity index (χ0n) is 6.90. The molecule has 12 heavy (non-hydrogen) atoms. The SMILES string of the molecule is O=C(O)CC(CO)C1CCSC1. The van der Waals surface area contributed by atoms with Gasteiger partial charge in [0.05, 0.1) is 6.42 Å². The molecule has 0 aliphatic carbocycles. The van der Waals surface area contributed by atoms with E-state index in [0.717, 1.165) is 17.9 Å². The van der Waals surface area contributed by atoms with Gasteiger partial charge in [0.2, 0.25) is 0 Å². The number of carboxylic acids is 1. The number of hydrogen-bond donors (Lipinski definition) is 2. The number of carbonyl (C=O) groups is 1. The van der Waals surface area contributed by atoms with Gasteiger partial charge in [0.25, 0.3) is 0 Å². The van der Waals surface area contributed by atoms with Crippen molar-refractivity contribution in [1.29, 1.82) is 0 Å². The molecule has 70 valence electrons. The lowest BCUT2D eigenvalue weighted by Gasteiger charge is -2.17. The van der Waals surface area contributed by atoms with E-state index >= 15 is 0 Å². The molecule has 1 aliphatic rings. The van der Waals surface area contributed by atoms with Gasteiger partial charge in [-0.1, -0.05) is 0 Å². The smallest absolute Gasteiger partial charge is 0.303 e. The Labute approximate surface area is 76.2 Å². The molecule has 0 bridgehead atoms. The molecule has 0 aromatic heterocycles. The maximum absolute atomic E-state index is 10.4. The van der Waals surface area contributed by atoms with Gasteiger partial charge in [-0.2, -0.15) is 11.8 Å². The first-order valence-electron chi connectivity index (χ1n) is 4.14. The Balaban J connectivity index is 2.37. The molecule has 2 atom stereocenters. The first-order valence-corrected chi connectivity index (χ1v) is 5.30. The van der Waals surface area contributed by atoms with Gasteiger partial charge in [0.1, 0.15) is 0 Å². The van der Waals surface area contributed by atoms with Crippen molar-refractivity contribution < 1.29 is 15.0 Å². The molecule has 0 amide bonds. The van der Waals surface area contributed by atoms with Crippen molar-refractivity contribution >= 4 is 17.7 Å². The lowest BCUT2D eigenvalue weighted by atomic mass is 9.90. The van der Waals surface area contributed by atoms with E-state index in [-0.39, 0.29) is 18.9 Å². The molecule has 1 fully saturated rings. The van der Waals surface area contributed by atoms with Crippen LogP contribution in [-0.2, 0) is 4.79 Å². The standard InChI is InChI=1S/C8H14O3S/c9-4-7(3-8(10)11)6-1-2-12-5-6/h6-7,9H,1-5H2,(H,10,11). The molecule has 0 radical (unpaired) electrons. The summed E-state index contributed by atoms with van der Waals surface area (Å²) in [6, 6.07) is 0. The van der Waals surface area contributed by atoms with E-state index in [1.54, 1.807) is 0 Å². The Bertz CT molecular complexity index is 154.